The Kier molecular flexibility index (Phi) is 15.1. The molecule has 2 rings (SSSR count). The number of hydrogen-bond acceptors (Lipinski definition) is 6. The zero-order valence-electron chi connectivity index (χ0n) is 23.4. The van der Waals surface area contributed by atoms with Crippen molar-refractivity contribution in [3.8, 4) is 17.2 Å². The highest BCUT2D eigenvalue weighted by atomic mass is 32.2. The van der Waals surface area contributed by atoms with Crippen LogP contribution in [0.1, 0.15) is 102 Å². The highest BCUT2D eigenvalue weighted by Crippen LogP contribution is 2.43. The maximum Gasteiger partial charge on any atom is 0.240 e. The van der Waals surface area contributed by atoms with Crippen LogP contribution in [0.2, 0.25) is 0 Å². The lowest BCUT2D eigenvalue weighted by Crippen LogP contribution is -2.46. The van der Waals surface area contributed by atoms with Crippen LogP contribution in [0.4, 0.5) is 0 Å². The summed E-state index contributed by atoms with van der Waals surface area (Å²) in [5.74, 6) is 2.88. The average Bonchev–Trinajstić information content (AvgIpc) is 3.40. The Balaban J connectivity index is 1.98. The topological polar surface area (TPSA) is 60.0 Å². The second kappa shape index (κ2) is 17.8. The maximum atomic E-state index is 13.6. The fourth-order valence-corrected chi connectivity index (χ4v) is 5.99. The molecule has 0 spiro atoms. The summed E-state index contributed by atoms with van der Waals surface area (Å²) in [5.41, 5.74) is 1.03. The number of carbonyl (C=O) groups is 1. The number of nitrogens with one attached hydrogen (secondary N) is 1. The van der Waals surface area contributed by atoms with Crippen molar-refractivity contribution in [2.45, 2.75) is 102 Å². The highest BCUT2D eigenvalue weighted by Gasteiger charge is 2.34. The van der Waals surface area contributed by atoms with Crippen LogP contribution in [0.3, 0.4) is 0 Å². The predicted molar refractivity (Wildman–Crippen MR) is 152 cm³/mol. The van der Waals surface area contributed by atoms with Gasteiger partial charge in [0, 0.05) is 18.8 Å². The molecule has 0 radical (unpaired) electrons. The van der Waals surface area contributed by atoms with E-state index in [-0.39, 0.29) is 17.3 Å². The molecule has 1 N–H and O–H groups in total. The number of carbonyl (C=O) groups excluding carboxylic acids is 1. The first kappa shape index (κ1) is 30.6. The van der Waals surface area contributed by atoms with Gasteiger partial charge in [0.25, 0.3) is 0 Å². The van der Waals surface area contributed by atoms with Crippen molar-refractivity contribution in [1.82, 2.24) is 10.2 Å². The summed E-state index contributed by atoms with van der Waals surface area (Å²) in [4.78, 5) is 15.7. The van der Waals surface area contributed by atoms with Gasteiger partial charge in [-0.2, -0.15) is 0 Å². The number of thioether (sulfide) groups is 1. The van der Waals surface area contributed by atoms with Gasteiger partial charge in [-0.1, -0.05) is 78.1 Å². The number of ether oxygens (including phenoxy) is 3. The minimum Gasteiger partial charge on any atom is -0.493 e. The normalized spacial score (nSPS) is 17.2. The molecule has 1 aliphatic rings. The third-order valence-corrected chi connectivity index (χ3v) is 8.21. The van der Waals surface area contributed by atoms with Crippen molar-refractivity contribution in [2.24, 2.45) is 0 Å². The lowest BCUT2D eigenvalue weighted by Gasteiger charge is -2.26. The molecule has 1 unspecified atom stereocenters. The van der Waals surface area contributed by atoms with Gasteiger partial charge < -0.3 is 19.1 Å². The first-order chi connectivity index (χ1) is 17.6. The van der Waals surface area contributed by atoms with Gasteiger partial charge in [0.2, 0.25) is 11.7 Å². The second-order valence-electron chi connectivity index (χ2n) is 9.75. The van der Waals surface area contributed by atoms with Gasteiger partial charge in [0.05, 0.1) is 32.7 Å². The quantitative estimate of drug-likeness (QED) is 0.198. The monoisotopic (exact) mass is 522 g/mol. The summed E-state index contributed by atoms with van der Waals surface area (Å²) >= 11 is 1.77. The van der Waals surface area contributed by atoms with Gasteiger partial charge in [0.1, 0.15) is 0 Å². The van der Waals surface area contributed by atoms with Crippen molar-refractivity contribution in [3.63, 3.8) is 0 Å². The van der Waals surface area contributed by atoms with Crippen LogP contribution in [0.15, 0.2) is 12.1 Å². The molecule has 0 aromatic heterocycles. The molecule has 0 aliphatic carbocycles. The zero-order valence-corrected chi connectivity index (χ0v) is 24.2. The minimum absolute atomic E-state index is 0.0117. The summed E-state index contributed by atoms with van der Waals surface area (Å²) < 4.78 is 16.5. The lowest BCUT2D eigenvalue weighted by molar-refractivity contribution is -0.133. The standard InChI is InChI=1S/C29H50N2O4S/c1-6-8-10-12-14-16-18-31(19-17-15-13-11-9-7-2)29(32)24-22-36-28(30-24)23-20-25(33-3)27(35-5)26(21-23)34-4/h20-21,24,28,30H,6-19,22H2,1-5H3/t24-,28?/m0/s1. The fraction of sp³-hybridized carbons (Fsp3) is 0.759. The Morgan fingerprint density at radius 1 is 0.833 bits per heavy atom. The molecule has 7 heteroatoms. The van der Waals surface area contributed by atoms with Gasteiger partial charge in [0.15, 0.2) is 11.5 Å². The van der Waals surface area contributed by atoms with Crippen LogP contribution in [-0.2, 0) is 4.79 Å². The molecule has 1 amide bonds. The number of hydrogen-bond donors (Lipinski definition) is 1. The van der Waals surface area contributed by atoms with Gasteiger partial charge >= 0.3 is 0 Å². The van der Waals surface area contributed by atoms with Crippen LogP contribution in [0.25, 0.3) is 0 Å². The van der Waals surface area contributed by atoms with E-state index < -0.39 is 0 Å². The number of benzene rings is 1. The van der Waals surface area contributed by atoms with E-state index >= 15 is 0 Å². The molecule has 206 valence electrons. The van der Waals surface area contributed by atoms with Crippen LogP contribution in [-0.4, -0.2) is 57.0 Å². The van der Waals surface area contributed by atoms with E-state index in [1.54, 1.807) is 33.1 Å². The van der Waals surface area contributed by atoms with Crippen LogP contribution in [0.5, 0.6) is 17.2 Å². The molecule has 1 aromatic rings. The number of amides is 1. The van der Waals surface area contributed by atoms with E-state index in [4.69, 9.17) is 14.2 Å². The van der Waals surface area contributed by atoms with Crippen molar-refractivity contribution in [2.75, 3.05) is 40.2 Å². The molecular weight excluding hydrogens is 472 g/mol. The molecule has 2 atom stereocenters. The fourth-order valence-electron chi connectivity index (χ4n) is 4.78. The number of nitrogens with zero attached hydrogens (tertiary/aromatic N) is 1. The summed E-state index contributed by atoms with van der Waals surface area (Å²) in [5, 5.41) is 3.60. The van der Waals surface area contributed by atoms with Crippen molar-refractivity contribution < 1.29 is 19.0 Å². The highest BCUT2D eigenvalue weighted by molar-refractivity contribution is 7.99. The predicted octanol–water partition coefficient (Wildman–Crippen LogP) is 6.97. The Labute approximate surface area is 224 Å². The third kappa shape index (κ3) is 9.70. The SMILES string of the molecule is CCCCCCCCN(CCCCCCCC)C(=O)[C@@H]1CSC(c2cc(OC)c(OC)c(OC)c2)N1. The molecule has 1 heterocycles. The second-order valence-corrected chi connectivity index (χ2v) is 10.9. The Hall–Kier alpha value is -1.60. The maximum absolute atomic E-state index is 13.6. The molecule has 6 nitrogen and oxygen atoms in total. The zero-order chi connectivity index (χ0) is 26.2. The largest absolute Gasteiger partial charge is 0.493 e. The molecule has 36 heavy (non-hydrogen) atoms. The Bertz CT molecular complexity index is 720. The molecule has 1 aromatic carbocycles. The number of rotatable bonds is 19. The van der Waals surface area contributed by atoms with Crippen LogP contribution < -0.4 is 19.5 Å². The molecule has 1 fully saturated rings. The Morgan fingerprint density at radius 3 is 1.81 bits per heavy atom. The van der Waals surface area contributed by atoms with Crippen molar-refractivity contribution in [1.29, 1.82) is 0 Å². The first-order valence-corrected chi connectivity index (χ1v) is 15.1. The van der Waals surface area contributed by atoms with Gasteiger partial charge in [-0.05, 0) is 30.5 Å². The summed E-state index contributed by atoms with van der Waals surface area (Å²) in [6.45, 7) is 6.24. The van der Waals surface area contributed by atoms with Gasteiger partial charge in [-0.25, -0.2) is 0 Å². The smallest absolute Gasteiger partial charge is 0.240 e. The summed E-state index contributed by atoms with van der Waals surface area (Å²) in [6, 6.07) is 3.78. The van der Waals surface area contributed by atoms with Gasteiger partial charge in [-0.3, -0.25) is 10.1 Å². The third-order valence-electron chi connectivity index (χ3n) is 6.94. The van der Waals surface area contributed by atoms with E-state index in [2.05, 4.69) is 24.1 Å². The molecule has 0 saturated carbocycles. The van der Waals surface area contributed by atoms with Crippen molar-refractivity contribution in [3.05, 3.63) is 17.7 Å². The Morgan fingerprint density at radius 2 is 1.33 bits per heavy atom. The van der Waals surface area contributed by atoms with Crippen molar-refractivity contribution >= 4 is 17.7 Å². The average molecular weight is 523 g/mol. The van der Waals surface area contributed by atoms with Crippen LogP contribution >= 0.6 is 11.8 Å². The van der Waals surface area contributed by atoms with E-state index in [0.717, 1.165) is 37.2 Å². The molecular formula is C29H50N2O4S. The van der Waals surface area contributed by atoms with Gasteiger partial charge in [-0.15, -0.1) is 11.8 Å². The molecule has 1 aliphatic heterocycles. The minimum atomic E-state index is -0.167. The summed E-state index contributed by atoms with van der Waals surface area (Å²) in [7, 11) is 4.87. The number of unbranched alkanes of at least 4 members (excludes halogenated alkanes) is 10. The number of methoxy groups -OCH3 is 3. The van der Waals surface area contributed by atoms with Crippen LogP contribution in [0, 0.1) is 0 Å². The lowest BCUT2D eigenvalue weighted by atomic mass is 10.1. The van der Waals surface area contributed by atoms with E-state index in [1.165, 1.54) is 64.2 Å². The van der Waals surface area contributed by atoms with E-state index in [9.17, 15) is 4.79 Å². The van der Waals surface area contributed by atoms with E-state index in [1.807, 2.05) is 12.1 Å². The first-order valence-electron chi connectivity index (χ1n) is 14.1. The van der Waals surface area contributed by atoms with E-state index in [0.29, 0.717) is 17.2 Å². The molecule has 1 saturated heterocycles. The summed E-state index contributed by atoms with van der Waals surface area (Å²) in [6.07, 6.45) is 14.9. The molecule has 0 bridgehead atoms.